The number of pyridine rings is 1. The number of amides is 1. The summed E-state index contributed by atoms with van der Waals surface area (Å²) in [6, 6.07) is 9.68. The van der Waals surface area contributed by atoms with Gasteiger partial charge in [0.1, 0.15) is 5.82 Å². The van der Waals surface area contributed by atoms with Gasteiger partial charge in [-0.2, -0.15) is 0 Å². The van der Waals surface area contributed by atoms with Gasteiger partial charge in [0, 0.05) is 17.8 Å². The lowest BCUT2D eigenvalue weighted by atomic mass is 10.1. The molecule has 0 saturated carbocycles. The van der Waals surface area contributed by atoms with E-state index in [9.17, 15) is 9.18 Å². The van der Waals surface area contributed by atoms with Crippen molar-refractivity contribution in [1.82, 2.24) is 10.3 Å². The second kappa shape index (κ2) is 5.61. The van der Waals surface area contributed by atoms with Gasteiger partial charge in [-0.05, 0) is 38.1 Å². The highest BCUT2D eigenvalue weighted by atomic mass is 19.1. The van der Waals surface area contributed by atoms with Gasteiger partial charge in [-0.1, -0.05) is 12.1 Å². The lowest BCUT2D eigenvalue weighted by Gasteiger charge is -2.08. The standard InChI is InChI=1S/C15H15FN2O/c1-10(2)18-15(19)12-6-7-14(17-9-12)11-4-3-5-13(16)8-11/h3-10H,1-2H3,(H,18,19). The van der Waals surface area contributed by atoms with Crippen LogP contribution in [-0.4, -0.2) is 16.9 Å². The molecule has 0 bridgehead atoms. The molecule has 1 N–H and O–H groups in total. The molecule has 2 aromatic rings. The van der Waals surface area contributed by atoms with Gasteiger partial charge in [0.05, 0.1) is 11.3 Å². The molecule has 0 atom stereocenters. The lowest BCUT2D eigenvalue weighted by molar-refractivity contribution is 0.0943. The van der Waals surface area contributed by atoms with E-state index in [1.54, 1.807) is 24.3 Å². The molecule has 1 amide bonds. The molecule has 1 aromatic heterocycles. The minimum Gasteiger partial charge on any atom is -0.350 e. The summed E-state index contributed by atoms with van der Waals surface area (Å²) in [5, 5.41) is 2.79. The van der Waals surface area contributed by atoms with Crippen molar-refractivity contribution in [1.29, 1.82) is 0 Å². The number of benzene rings is 1. The number of carbonyl (C=O) groups is 1. The summed E-state index contributed by atoms with van der Waals surface area (Å²) < 4.78 is 13.1. The Hall–Kier alpha value is -2.23. The maximum Gasteiger partial charge on any atom is 0.253 e. The summed E-state index contributed by atoms with van der Waals surface area (Å²) in [6.07, 6.45) is 1.50. The summed E-state index contributed by atoms with van der Waals surface area (Å²) in [7, 11) is 0. The third kappa shape index (κ3) is 3.37. The highest BCUT2D eigenvalue weighted by Gasteiger charge is 2.08. The zero-order valence-corrected chi connectivity index (χ0v) is 10.9. The number of carbonyl (C=O) groups excluding carboxylic acids is 1. The van der Waals surface area contributed by atoms with Crippen molar-refractivity contribution >= 4 is 5.91 Å². The summed E-state index contributed by atoms with van der Waals surface area (Å²) in [4.78, 5) is 15.9. The van der Waals surface area contributed by atoms with Crippen molar-refractivity contribution in [2.75, 3.05) is 0 Å². The smallest absolute Gasteiger partial charge is 0.253 e. The molecule has 1 heterocycles. The fourth-order valence-electron chi connectivity index (χ4n) is 1.69. The molecule has 2 rings (SSSR count). The average molecular weight is 258 g/mol. The van der Waals surface area contributed by atoms with Gasteiger partial charge in [-0.15, -0.1) is 0 Å². The van der Waals surface area contributed by atoms with Crippen LogP contribution < -0.4 is 5.32 Å². The first-order valence-corrected chi connectivity index (χ1v) is 6.09. The van der Waals surface area contributed by atoms with Gasteiger partial charge in [0.2, 0.25) is 0 Å². The molecule has 0 aliphatic rings. The van der Waals surface area contributed by atoms with Crippen LogP contribution in [0.5, 0.6) is 0 Å². The Labute approximate surface area is 111 Å². The number of halogens is 1. The van der Waals surface area contributed by atoms with Crippen molar-refractivity contribution in [3.63, 3.8) is 0 Å². The Morgan fingerprint density at radius 3 is 2.63 bits per heavy atom. The van der Waals surface area contributed by atoms with Crippen LogP contribution in [0.25, 0.3) is 11.3 Å². The predicted molar refractivity (Wildman–Crippen MR) is 72.2 cm³/mol. The van der Waals surface area contributed by atoms with Crippen LogP contribution in [0, 0.1) is 5.82 Å². The summed E-state index contributed by atoms with van der Waals surface area (Å²) in [6.45, 7) is 3.79. The first-order chi connectivity index (χ1) is 9.06. The molecule has 0 radical (unpaired) electrons. The van der Waals surface area contributed by atoms with E-state index < -0.39 is 0 Å². The molecule has 0 fully saturated rings. The Morgan fingerprint density at radius 1 is 1.26 bits per heavy atom. The van der Waals surface area contributed by atoms with E-state index in [0.29, 0.717) is 16.8 Å². The predicted octanol–water partition coefficient (Wildman–Crippen LogP) is 3.03. The highest BCUT2D eigenvalue weighted by molar-refractivity contribution is 5.94. The fraction of sp³-hybridized carbons (Fsp3) is 0.200. The number of nitrogens with zero attached hydrogens (tertiary/aromatic N) is 1. The van der Waals surface area contributed by atoms with E-state index in [4.69, 9.17) is 0 Å². The number of aromatic nitrogens is 1. The van der Waals surface area contributed by atoms with Crippen LogP contribution in [0.4, 0.5) is 4.39 Å². The SMILES string of the molecule is CC(C)NC(=O)c1ccc(-c2cccc(F)c2)nc1. The Kier molecular flexibility index (Phi) is 3.90. The minimum atomic E-state index is -0.305. The summed E-state index contributed by atoms with van der Waals surface area (Å²) in [5.41, 5.74) is 1.82. The van der Waals surface area contributed by atoms with Gasteiger partial charge < -0.3 is 5.32 Å². The van der Waals surface area contributed by atoms with Crippen LogP contribution in [0.3, 0.4) is 0 Å². The third-order valence-electron chi connectivity index (χ3n) is 2.57. The number of nitrogens with one attached hydrogen (secondary N) is 1. The van der Waals surface area contributed by atoms with Gasteiger partial charge >= 0.3 is 0 Å². The van der Waals surface area contributed by atoms with Gasteiger partial charge in [-0.25, -0.2) is 4.39 Å². The Bertz CT molecular complexity index is 579. The molecule has 0 unspecified atom stereocenters. The molecule has 0 saturated heterocycles. The molecular weight excluding hydrogens is 243 g/mol. The Balaban J connectivity index is 2.21. The maximum absolute atomic E-state index is 13.1. The lowest BCUT2D eigenvalue weighted by Crippen LogP contribution is -2.30. The van der Waals surface area contributed by atoms with E-state index in [1.807, 2.05) is 13.8 Å². The second-order valence-electron chi connectivity index (χ2n) is 4.57. The van der Waals surface area contributed by atoms with Gasteiger partial charge in [0.15, 0.2) is 0 Å². The number of hydrogen-bond donors (Lipinski definition) is 1. The monoisotopic (exact) mass is 258 g/mol. The van der Waals surface area contributed by atoms with Crippen LogP contribution in [-0.2, 0) is 0 Å². The quantitative estimate of drug-likeness (QED) is 0.919. The Morgan fingerprint density at radius 2 is 2.05 bits per heavy atom. The highest BCUT2D eigenvalue weighted by Crippen LogP contribution is 2.17. The third-order valence-corrected chi connectivity index (χ3v) is 2.57. The number of rotatable bonds is 3. The molecule has 1 aromatic carbocycles. The van der Waals surface area contributed by atoms with Gasteiger partial charge in [0.25, 0.3) is 5.91 Å². The normalized spacial score (nSPS) is 10.5. The van der Waals surface area contributed by atoms with Crippen molar-refractivity contribution in [3.05, 3.63) is 54.0 Å². The van der Waals surface area contributed by atoms with Crippen molar-refractivity contribution in [2.45, 2.75) is 19.9 Å². The van der Waals surface area contributed by atoms with Crippen LogP contribution in [0.2, 0.25) is 0 Å². The molecule has 4 heteroatoms. The summed E-state index contributed by atoms with van der Waals surface area (Å²) in [5.74, 6) is -0.464. The van der Waals surface area contributed by atoms with Gasteiger partial charge in [-0.3, -0.25) is 9.78 Å². The first kappa shape index (κ1) is 13.2. The zero-order chi connectivity index (χ0) is 13.8. The van der Waals surface area contributed by atoms with E-state index >= 15 is 0 Å². The molecule has 0 aliphatic heterocycles. The van der Waals surface area contributed by atoms with Crippen LogP contribution >= 0.6 is 0 Å². The number of hydrogen-bond acceptors (Lipinski definition) is 2. The first-order valence-electron chi connectivity index (χ1n) is 6.09. The average Bonchev–Trinajstić information content (AvgIpc) is 2.38. The zero-order valence-electron chi connectivity index (χ0n) is 10.9. The topological polar surface area (TPSA) is 42.0 Å². The summed E-state index contributed by atoms with van der Waals surface area (Å²) >= 11 is 0. The molecule has 98 valence electrons. The van der Waals surface area contributed by atoms with Crippen LogP contribution in [0.1, 0.15) is 24.2 Å². The van der Waals surface area contributed by atoms with E-state index in [-0.39, 0.29) is 17.8 Å². The maximum atomic E-state index is 13.1. The fourth-order valence-corrected chi connectivity index (χ4v) is 1.69. The van der Waals surface area contributed by atoms with E-state index in [2.05, 4.69) is 10.3 Å². The van der Waals surface area contributed by atoms with E-state index in [1.165, 1.54) is 18.3 Å². The minimum absolute atomic E-state index is 0.0791. The van der Waals surface area contributed by atoms with Crippen LogP contribution in [0.15, 0.2) is 42.6 Å². The van der Waals surface area contributed by atoms with Crippen molar-refractivity contribution < 1.29 is 9.18 Å². The second-order valence-corrected chi connectivity index (χ2v) is 4.57. The molecular formula is C15H15FN2O. The van der Waals surface area contributed by atoms with E-state index in [0.717, 1.165) is 0 Å². The van der Waals surface area contributed by atoms with Crippen molar-refractivity contribution in [2.24, 2.45) is 0 Å². The largest absolute Gasteiger partial charge is 0.350 e. The molecule has 0 spiro atoms. The molecule has 0 aliphatic carbocycles. The molecule has 3 nitrogen and oxygen atoms in total. The molecule has 19 heavy (non-hydrogen) atoms. The van der Waals surface area contributed by atoms with Crippen molar-refractivity contribution in [3.8, 4) is 11.3 Å².